The number of benzene rings is 2. The van der Waals surface area contributed by atoms with Crippen molar-refractivity contribution in [3.8, 4) is 0 Å². The van der Waals surface area contributed by atoms with Crippen molar-refractivity contribution in [1.82, 2.24) is 0 Å². The van der Waals surface area contributed by atoms with E-state index in [1.165, 1.54) is 36.0 Å². The highest BCUT2D eigenvalue weighted by atomic mass is 79.9. The van der Waals surface area contributed by atoms with E-state index in [-0.39, 0.29) is 29.0 Å². The minimum Gasteiger partial charge on any atom is -0.325 e. The van der Waals surface area contributed by atoms with E-state index in [1.54, 1.807) is 12.1 Å². The lowest BCUT2D eigenvalue weighted by Crippen LogP contribution is -2.15. The Hall–Kier alpha value is -1.66. The molecule has 0 aliphatic carbocycles. The van der Waals surface area contributed by atoms with Gasteiger partial charge in [-0.25, -0.2) is 4.39 Å². The lowest BCUT2D eigenvalue weighted by atomic mass is 10.1. The van der Waals surface area contributed by atoms with Crippen LogP contribution in [0.15, 0.2) is 53.0 Å². The molecule has 0 spiro atoms. The highest BCUT2D eigenvalue weighted by Gasteiger charge is 2.08. The van der Waals surface area contributed by atoms with Gasteiger partial charge in [0.25, 0.3) is 0 Å². The average Bonchev–Trinajstić information content (AvgIpc) is 2.50. The van der Waals surface area contributed by atoms with Crippen LogP contribution in [0.25, 0.3) is 0 Å². The Labute approximate surface area is 140 Å². The molecule has 0 fully saturated rings. The molecule has 2 aromatic carbocycles. The fourth-order valence-electron chi connectivity index (χ4n) is 1.69. The van der Waals surface area contributed by atoms with E-state index in [9.17, 15) is 14.0 Å². The van der Waals surface area contributed by atoms with Crippen LogP contribution in [0.4, 0.5) is 10.1 Å². The molecule has 0 saturated carbocycles. The van der Waals surface area contributed by atoms with Crippen LogP contribution < -0.4 is 5.32 Å². The number of hydrogen-bond acceptors (Lipinski definition) is 3. The normalized spacial score (nSPS) is 10.3. The molecule has 1 N–H and O–H groups in total. The Kier molecular flexibility index (Phi) is 6.15. The molecule has 22 heavy (non-hydrogen) atoms. The molecule has 1 amide bonds. The van der Waals surface area contributed by atoms with Gasteiger partial charge in [-0.2, -0.15) is 0 Å². The van der Waals surface area contributed by atoms with Crippen LogP contribution in [0.1, 0.15) is 10.4 Å². The van der Waals surface area contributed by atoms with Gasteiger partial charge < -0.3 is 5.32 Å². The third-order valence-electron chi connectivity index (χ3n) is 2.76. The lowest BCUT2D eigenvalue weighted by Gasteiger charge is -2.05. The molecule has 114 valence electrons. The maximum atomic E-state index is 12.8. The second kappa shape index (κ2) is 8.10. The van der Waals surface area contributed by atoms with Gasteiger partial charge in [-0.1, -0.05) is 15.9 Å². The van der Waals surface area contributed by atoms with Crippen LogP contribution in [0, 0.1) is 5.82 Å². The molecule has 0 heterocycles. The van der Waals surface area contributed by atoms with Crippen molar-refractivity contribution in [2.45, 2.75) is 0 Å². The molecule has 0 bridgehead atoms. The van der Waals surface area contributed by atoms with E-state index in [0.717, 1.165) is 4.47 Å². The molecule has 0 aliphatic rings. The van der Waals surface area contributed by atoms with Gasteiger partial charge in [0.2, 0.25) is 5.91 Å². The number of rotatable bonds is 6. The van der Waals surface area contributed by atoms with Crippen LogP contribution in [0.5, 0.6) is 0 Å². The van der Waals surface area contributed by atoms with Crippen molar-refractivity contribution in [2.75, 3.05) is 16.8 Å². The first-order chi connectivity index (χ1) is 10.5. The van der Waals surface area contributed by atoms with Crippen molar-refractivity contribution in [3.05, 3.63) is 64.4 Å². The predicted octanol–water partition coefficient (Wildman–Crippen LogP) is 4.14. The highest BCUT2D eigenvalue weighted by Crippen LogP contribution is 2.15. The first-order valence-corrected chi connectivity index (χ1v) is 8.41. The minimum atomic E-state index is -0.377. The number of amides is 1. The fourth-order valence-corrected chi connectivity index (χ4v) is 2.66. The van der Waals surface area contributed by atoms with Gasteiger partial charge in [-0.3, -0.25) is 9.59 Å². The first-order valence-electron chi connectivity index (χ1n) is 6.46. The van der Waals surface area contributed by atoms with Crippen LogP contribution in [0.3, 0.4) is 0 Å². The summed E-state index contributed by atoms with van der Waals surface area (Å²) in [6.07, 6.45) is 0. The van der Waals surface area contributed by atoms with E-state index >= 15 is 0 Å². The van der Waals surface area contributed by atoms with Gasteiger partial charge in [0.1, 0.15) is 5.82 Å². The summed E-state index contributed by atoms with van der Waals surface area (Å²) in [5.41, 5.74) is 1.15. The number of carbonyl (C=O) groups is 2. The van der Waals surface area contributed by atoms with Crippen molar-refractivity contribution in [2.24, 2.45) is 0 Å². The smallest absolute Gasteiger partial charge is 0.234 e. The zero-order valence-electron chi connectivity index (χ0n) is 11.5. The van der Waals surface area contributed by atoms with E-state index in [0.29, 0.717) is 11.3 Å². The quantitative estimate of drug-likeness (QED) is 0.764. The third kappa shape index (κ3) is 5.27. The van der Waals surface area contributed by atoms with Gasteiger partial charge in [0.05, 0.1) is 11.5 Å². The van der Waals surface area contributed by atoms with Crippen LogP contribution in [-0.4, -0.2) is 23.2 Å². The molecule has 0 atom stereocenters. The SMILES string of the molecule is O=C(CSCC(=O)c1ccc(F)cc1)Nc1ccc(Br)cc1. The minimum absolute atomic E-state index is 0.124. The Balaban J connectivity index is 1.75. The molecule has 0 aromatic heterocycles. The number of ketones is 1. The van der Waals surface area contributed by atoms with Crippen molar-refractivity contribution in [3.63, 3.8) is 0 Å². The number of hydrogen-bond donors (Lipinski definition) is 1. The van der Waals surface area contributed by atoms with Crippen LogP contribution in [-0.2, 0) is 4.79 Å². The molecule has 0 radical (unpaired) electrons. The zero-order valence-corrected chi connectivity index (χ0v) is 13.9. The number of carbonyl (C=O) groups excluding carboxylic acids is 2. The average molecular weight is 382 g/mol. The summed E-state index contributed by atoms with van der Waals surface area (Å²) in [6.45, 7) is 0. The van der Waals surface area contributed by atoms with Crippen molar-refractivity contribution in [1.29, 1.82) is 0 Å². The van der Waals surface area contributed by atoms with E-state index in [4.69, 9.17) is 0 Å². The maximum absolute atomic E-state index is 12.8. The third-order valence-corrected chi connectivity index (χ3v) is 4.22. The predicted molar refractivity (Wildman–Crippen MR) is 90.8 cm³/mol. The molecule has 0 aliphatic heterocycles. The second-order valence-corrected chi connectivity index (χ2v) is 6.38. The van der Waals surface area contributed by atoms with Crippen LogP contribution in [0.2, 0.25) is 0 Å². The molecular weight excluding hydrogens is 369 g/mol. The Morgan fingerprint density at radius 2 is 1.64 bits per heavy atom. The maximum Gasteiger partial charge on any atom is 0.234 e. The standard InChI is InChI=1S/C16H13BrFNO2S/c17-12-3-7-14(8-4-12)19-16(21)10-22-9-15(20)11-1-5-13(18)6-2-11/h1-8H,9-10H2,(H,19,21). The largest absolute Gasteiger partial charge is 0.325 e. The zero-order chi connectivity index (χ0) is 15.9. The fraction of sp³-hybridized carbons (Fsp3) is 0.125. The Morgan fingerprint density at radius 1 is 1.00 bits per heavy atom. The summed E-state index contributed by atoms with van der Waals surface area (Å²) in [4.78, 5) is 23.6. The summed E-state index contributed by atoms with van der Waals surface area (Å²) in [5, 5.41) is 2.75. The molecule has 2 rings (SSSR count). The summed E-state index contributed by atoms with van der Waals surface area (Å²) in [6, 6.07) is 12.6. The van der Waals surface area contributed by atoms with Gasteiger partial charge in [-0.15, -0.1) is 11.8 Å². The van der Waals surface area contributed by atoms with E-state index in [1.807, 2.05) is 12.1 Å². The number of nitrogens with one attached hydrogen (secondary N) is 1. The summed E-state index contributed by atoms with van der Waals surface area (Å²) in [5.74, 6) is -0.304. The Bertz CT molecular complexity index is 659. The van der Waals surface area contributed by atoms with Crippen LogP contribution >= 0.6 is 27.7 Å². The molecule has 2 aromatic rings. The van der Waals surface area contributed by atoms with Crippen molar-refractivity contribution >= 4 is 45.1 Å². The topological polar surface area (TPSA) is 46.2 Å². The van der Waals surface area contributed by atoms with Gasteiger partial charge in [-0.05, 0) is 48.5 Å². The lowest BCUT2D eigenvalue weighted by molar-refractivity contribution is -0.113. The monoisotopic (exact) mass is 381 g/mol. The number of thioether (sulfide) groups is 1. The molecule has 6 heteroatoms. The van der Waals surface area contributed by atoms with Crippen molar-refractivity contribution < 1.29 is 14.0 Å². The first kappa shape index (κ1) is 16.7. The number of anilines is 1. The van der Waals surface area contributed by atoms with Gasteiger partial charge >= 0.3 is 0 Å². The van der Waals surface area contributed by atoms with Gasteiger partial charge in [0.15, 0.2) is 5.78 Å². The summed E-state index contributed by atoms with van der Waals surface area (Å²) < 4.78 is 13.7. The summed E-state index contributed by atoms with van der Waals surface area (Å²) in [7, 11) is 0. The second-order valence-electron chi connectivity index (χ2n) is 4.48. The Morgan fingerprint density at radius 3 is 2.27 bits per heavy atom. The molecule has 0 saturated heterocycles. The summed E-state index contributed by atoms with van der Waals surface area (Å²) >= 11 is 4.54. The molecular formula is C16H13BrFNO2S. The molecule has 3 nitrogen and oxygen atoms in total. The highest BCUT2D eigenvalue weighted by molar-refractivity contribution is 9.10. The number of Topliss-reactive ketones (excluding diaryl/α,β-unsaturated/α-hetero) is 1. The van der Waals surface area contributed by atoms with Gasteiger partial charge in [0, 0.05) is 15.7 Å². The van der Waals surface area contributed by atoms with E-state index in [2.05, 4.69) is 21.2 Å². The molecule has 0 unspecified atom stereocenters. The van der Waals surface area contributed by atoms with E-state index < -0.39 is 0 Å². The number of halogens is 2.